The molecule has 0 fully saturated rings. The van der Waals surface area contributed by atoms with Crippen LogP contribution < -0.4 is 10.1 Å². The van der Waals surface area contributed by atoms with E-state index in [0.717, 1.165) is 4.47 Å². The van der Waals surface area contributed by atoms with Crippen molar-refractivity contribution in [1.29, 1.82) is 0 Å². The van der Waals surface area contributed by atoms with Gasteiger partial charge in [0, 0.05) is 16.1 Å². The number of benzene rings is 2. The van der Waals surface area contributed by atoms with Crippen LogP contribution in [0.2, 0.25) is 0 Å². The molecule has 0 radical (unpaired) electrons. The van der Waals surface area contributed by atoms with Crippen LogP contribution >= 0.6 is 15.9 Å². The Kier molecular flexibility index (Phi) is 4.59. The van der Waals surface area contributed by atoms with Crippen molar-refractivity contribution < 1.29 is 19.4 Å². The van der Waals surface area contributed by atoms with Crippen LogP contribution in [-0.2, 0) is 0 Å². The topological polar surface area (TPSA) is 75.6 Å². The van der Waals surface area contributed by atoms with Gasteiger partial charge in [0.05, 0.1) is 18.4 Å². The zero-order valence-electron chi connectivity index (χ0n) is 11.1. The van der Waals surface area contributed by atoms with E-state index in [9.17, 15) is 9.59 Å². The minimum absolute atomic E-state index is 0.00117. The Morgan fingerprint density at radius 2 is 1.81 bits per heavy atom. The molecule has 0 unspecified atom stereocenters. The van der Waals surface area contributed by atoms with Crippen molar-refractivity contribution in [2.24, 2.45) is 0 Å². The number of carbonyl (C=O) groups excluding carboxylic acids is 1. The van der Waals surface area contributed by atoms with Gasteiger partial charge in [0.25, 0.3) is 5.91 Å². The SMILES string of the molecule is COc1ccc(C(=O)O)c(NC(=O)c2ccc(Br)cc2)c1. The summed E-state index contributed by atoms with van der Waals surface area (Å²) in [5, 5.41) is 11.7. The fourth-order valence-corrected chi connectivity index (χ4v) is 2.00. The molecule has 21 heavy (non-hydrogen) atoms. The number of methoxy groups -OCH3 is 1. The van der Waals surface area contributed by atoms with E-state index in [4.69, 9.17) is 9.84 Å². The molecule has 1 amide bonds. The maximum atomic E-state index is 12.1. The lowest BCUT2D eigenvalue weighted by atomic mass is 10.1. The van der Waals surface area contributed by atoms with Gasteiger partial charge >= 0.3 is 5.97 Å². The number of aromatic carboxylic acids is 1. The molecule has 0 heterocycles. The lowest BCUT2D eigenvalue weighted by molar-refractivity contribution is 0.0698. The molecule has 0 aliphatic rings. The van der Waals surface area contributed by atoms with Gasteiger partial charge < -0.3 is 15.2 Å². The molecule has 2 aromatic carbocycles. The Morgan fingerprint density at radius 3 is 2.38 bits per heavy atom. The molecule has 0 bridgehead atoms. The van der Waals surface area contributed by atoms with E-state index in [1.807, 2.05) is 0 Å². The Labute approximate surface area is 129 Å². The van der Waals surface area contributed by atoms with Gasteiger partial charge in [0.2, 0.25) is 0 Å². The van der Waals surface area contributed by atoms with Gasteiger partial charge in [-0.05, 0) is 36.4 Å². The first-order valence-corrected chi connectivity index (χ1v) is 6.79. The van der Waals surface area contributed by atoms with Crippen molar-refractivity contribution in [2.75, 3.05) is 12.4 Å². The quantitative estimate of drug-likeness (QED) is 0.886. The Hall–Kier alpha value is -2.34. The number of carbonyl (C=O) groups is 2. The smallest absolute Gasteiger partial charge is 0.337 e. The summed E-state index contributed by atoms with van der Waals surface area (Å²) in [6.45, 7) is 0. The number of ether oxygens (including phenoxy) is 1. The molecule has 0 aliphatic carbocycles. The van der Waals surface area contributed by atoms with Gasteiger partial charge in [0.1, 0.15) is 5.75 Å². The number of anilines is 1. The number of hydrogen-bond donors (Lipinski definition) is 2. The average molecular weight is 350 g/mol. The number of carboxylic acids is 1. The van der Waals surface area contributed by atoms with E-state index in [-0.39, 0.29) is 11.3 Å². The zero-order chi connectivity index (χ0) is 15.4. The molecular weight excluding hydrogens is 338 g/mol. The summed E-state index contributed by atoms with van der Waals surface area (Å²) in [6, 6.07) is 11.1. The highest BCUT2D eigenvalue weighted by Gasteiger charge is 2.14. The molecule has 0 saturated heterocycles. The van der Waals surface area contributed by atoms with Crippen LogP contribution in [0.4, 0.5) is 5.69 Å². The van der Waals surface area contributed by atoms with Gasteiger partial charge in [-0.2, -0.15) is 0 Å². The molecule has 0 aromatic heterocycles. The van der Waals surface area contributed by atoms with Crippen LogP contribution in [0.3, 0.4) is 0 Å². The van der Waals surface area contributed by atoms with Gasteiger partial charge in [-0.15, -0.1) is 0 Å². The lowest BCUT2D eigenvalue weighted by Gasteiger charge is -2.10. The molecule has 0 atom stereocenters. The van der Waals surface area contributed by atoms with Gasteiger partial charge in [-0.3, -0.25) is 4.79 Å². The fourth-order valence-electron chi connectivity index (χ4n) is 1.74. The summed E-state index contributed by atoms with van der Waals surface area (Å²) in [6.07, 6.45) is 0. The number of nitrogens with one attached hydrogen (secondary N) is 1. The van der Waals surface area contributed by atoms with E-state index in [1.165, 1.54) is 25.3 Å². The van der Waals surface area contributed by atoms with E-state index in [2.05, 4.69) is 21.2 Å². The van der Waals surface area contributed by atoms with Crippen molar-refractivity contribution in [3.63, 3.8) is 0 Å². The van der Waals surface area contributed by atoms with Crippen LogP contribution in [0.15, 0.2) is 46.9 Å². The molecule has 108 valence electrons. The first-order chi connectivity index (χ1) is 10.0. The Balaban J connectivity index is 2.31. The lowest BCUT2D eigenvalue weighted by Crippen LogP contribution is -2.14. The second-order valence-corrected chi connectivity index (χ2v) is 5.09. The monoisotopic (exact) mass is 349 g/mol. The van der Waals surface area contributed by atoms with E-state index in [1.54, 1.807) is 24.3 Å². The van der Waals surface area contributed by atoms with Gasteiger partial charge in [0.15, 0.2) is 0 Å². The predicted molar refractivity (Wildman–Crippen MR) is 82.0 cm³/mol. The minimum atomic E-state index is -1.12. The maximum absolute atomic E-state index is 12.1. The number of halogens is 1. The zero-order valence-corrected chi connectivity index (χ0v) is 12.7. The summed E-state index contributed by atoms with van der Waals surface area (Å²) >= 11 is 3.28. The summed E-state index contributed by atoms with van der Waals surface area (Å²) in [5.41, 5.74) is 0.619. The van der Waals surface area contributed by atoms with Crippen LogP contribution in [0.25, 0.3) is 0 Å². The highest BCUT2D eigenvalue weighted by atomic mass is 79.9. The third-order valence-corrected chi connectivity index (χ3v) is 3.34. The summed E-state index contributed by atoms with van der Waals surface area (Å²) in [4.78, 5) is 23.3. The summed E-state index contributed by atoms with van der Waals surface area (Å²) in [5.74, 6) is -1.05. The van der Waals surface area contributed by atoms with E-state index >= 15 is 0 Å². The predicted octanol–water partition coefficient (Wildman–Crippen LogP) is 3.41. The summed E-state index contributed by atoms with van der Waals surface area (Å²) < 4.78 is 5.90. The molecule has 0 saturated carbocycles. The van der Waals surface area contributed by atoms with Gasteiger partial charge in [-0.25, -0.2) is 4.79 Å². The van der Waals surface area contributed by atoms with Crippen LogP contribution in [0.5, 0.6) is 5.75 Å². The first-order valence-electron chi connectivity index (χ1n) is 5.99. The van der Waals surface area contributed by atoms with Crippen molar-refractivity contribution >= 4 is 33.5 Å². The van der Waals surface area contributed by atoms with Crippen LogP contribution in [0.1, 0.15) is 20.7 Å². The highest BCUT2D eigenvalue weighted by Crippen LogP contribution is 2.23. The van der Waals surface area contributed by atoms with Gasteiger partial charge in [-0.1, -0.05) is 15.9 Å². The van der Waals surface area contributed by atoms with Crippen molar-refractivity contribution in [3.05, 3.63) is 58.1 Å². The van der Waals surface area contributed by atoms with Crippen LogP contribution in [-0.4, -0.2) is 24.1 Å². The summed E-state index contributed by atoms with van der Waals surface area (Å²) in [7, 11) is 1.47. The van der Waals surface area contributed by atoms with E-state index in [0.29, 0.717) is 11.3 Å². The average Bonchev–Trinajstić information content (AvgIpc) is 2.47. The second-order valence-electron chi connectivity index (χ2n) is 4.18. The molecule has 0 aliphatic heterocycles. The molecule has 2 aromatic rings. The minimum Gasteiger partial charge on any atom is -0.497 e. The third-order valence-electron chi connectivity index (χ3n) is 2.81. The standard InChI is InChI=1S/C15H12BrNO4/c1-21-11-6-7-12(15(19)20)13(8-11)17-14(18)9-2-4-10(16)5-3-9/h2-8H,1H3,(H,17,18)(H,19,20). The molecule has 5 nitrogen and oxygen atoms in total. The first kappa shape index (κ1) is 15.1. The normalized spacial score (nSPS) is 10.0. The number of hydrogen-bond acceptors (Lipinski definition) is 3. The Morgan fingerprint density at radius 1 is 1.14 bits per heavy atom. The number of rotatable bonds is 4. The molecule has 2 rings (SSSR count). The third kappa shape index (κ3) is 3.61. The Bertz CT molecular complexity index is 683. The molecule has 6 heteroatoms. The van der Waals surface area contributed by atoms with Crippen molar-refractivity contribution in [2.45, 2.75) is 0 Å². The number of carboxylic acid groups (broad SMARTS) is 1. The second kappa shape index (κ2) is 6.41. The molecular formula is C15H12BrNO4. The van der Waals surface area contributed by atoms with E-state index < -0.39 is 11.9 Å². The fraction of sp³-hybridized carbons (Fsp3) is 0.0667. The maximum Gasteiger partial charge on any atom is 0.337 e. The number of amides is 1. The van der Waals surface area contributed by atoms with Crippen LogP contribution in [0, 0.1) is 0 Å². The molecule has 0 spiro atoms. The van der Waals surface area contributed by atoms with Crippen molar-refractivity contribution in [3.8, 4) is 5.75 Å². The molecule has 2 N–H and O–H groups in total. The van der Waals surface area contributed by atoms with Crippen molar-refractivity contribution in [1.82, 2.24) is 0 Å². The largest absolute Gasteiger partial charge is 0.497 e. The highest BCUT2D eigenvalue weighted by molar-refractivity contribution is 9.10.